The van der Waals surface area contributed by atoms with Gasteiger partial charge in [0.1, 0.15) is 6.61 Å². The number of quaternary nitrogens is 1. The molecule has 0 bridgehead atoms. The number of rotatable bonds is 5. The molecule has 0 aromatic carbocycles. The molecule has 0 aliphatic rings. The van der Waals surface area contributed by atoms with Gasteiger partial charge < -0.3 is 15.0 Å². The molecular weight excluding hydrogens is 246 g/mol. The van der Waals surface area contributed by atoms with Crippen molar-refractivity contribution in [3.63, 3.8) is 0 Å². The molecule has 0 saturated carbocycles. The third kappa shape index (κ3) is 31.3. The molecule has 0 atom stereocenters. The number of carbonyl (C=O) groups excluding carboxylic acids is 1. The molecule has 0 aliphatic heterocycles. The van der Waals surface area contributed by atoms with Crippen LogP contribution in [0.15, 0.2) is 12.7 Å². The van der Waals surface area contributed by atoms with Crippen LogP contribution >= 0.6 is 0 Å². The van der Waals surface area contributed by atoms with Crippen LogP contribution in [0.25, 0.3) is 0 Å². The maximum absolute atomic E-state index is 10.4. The first-order valence-corrected chi connectivity index (χ1v) is 5.94. The standard InChI is InChI=1S/C5H10O5S.C3H7N.2CH4/c1-2-5(6)10-3-4-11(7,8)9;1-2-3-4;;/h2-4H2,1H3,(H,7,8,9);2H,1,3-4H2;2*1H4. The average Bonchev–Trinajstić information content (AvgIpc) is 2.16. The lowest BCUT2D eigenvalue weighted by atomic mass is 10.5. The zero-order chi connectivity index (χ0) is 12.3. The zero-order valence-corrected chi connectivity index (χ0v) is 9.59. The summed E-state index contributed by atoms with van der Waals surface area (Å²) >= 11 is 0. The Morgan fingerprint density at radius 1 is 1.47 bits per heavy atom. The molecule has 0 unspecified atom stereocenters. The van der Waals surface area contributed by atoms with Gasteiger partial charge in [-0.2, -0.15) is 0 Å². The molecule has 7 heteroatoms. The molecule has 0 aromatic heterocycles. The number of esters is 1. The summed E-state index contributed by atoms with van der Waals surface area (Å²) in [5, 5.41) is 0. The van der Waals surface area contributed by atoms with E-state index in [1.165, 1.54) is 0 Å². The lowest BCUT2D eigenvalue weighted by Gasteiger charge is -2.06. The minimum atomic E-state index is -4.26. The fraction of sp³-hybridized carbons (Fsp3) is 0.700. The summed E-state index contributed by atoms with van der Waals surface area (Å²) in [6.45, 7) is 5.48. The highest BCUT2D eigenvalue weighted by Gasteiger charge is 1.99. The molecule has 0 saturated heterocycles. The van der Waals surface area contributed by atoms with Crippen molar-refractivity contribution in [1.29, 1.82) is 0 Å². The SMILES string of the molecule is C.C.C=CC[NH3+].CCC(=O)OCCS(=O)(=O)[O-]. The molecule has 6 nitrogen and oxygen atoms in total. The smallest absolute Gasteiger partial charge is 0.305 e. The second-order valence-electron chi connectivity index (χ2n) is 2.41. The fourth-order valence-corrected chi connectivity index (χ4v) is 0.647. The Labute approximate surface area is 105 Å². The molecule has 0 aromatic rings. The van der Waals surface area contributed by atoms with Crippen LogP contribution in [0.4, 0.5) is 0 Å². The second-order valence-corrected chi connectivity index (χ2v) is 3.94. The van der Waals surface area contributed by atoms with E-state index in [9.17, 15) is 17.8 Å². The summed E-state index contributed by atoms with van der Waals surface area (Å²) in [7, 11) is -4.26. The first-order chi connectivity index (χ1) is 6.87. The van der Waals surface area contributed by atoms with Gasteiger partial charge in [0.25, 0.3) is 0 Å². The van der Waals surface area contributed by atoms with Gasteiger partial charge in [-0.3, -0.25) is 4.79 Å². The van der Waals surface area contributed by atoms with Crippen molar-refractivity contribution in [2.45, 2.75) is 28.2 Å². The van der Waals surface area contributed by atoms with Crippen LogP contribution in [0.2, 0.25) is 0 Å². The van der Waals surface area contributed by atoms with Gasteiger partial charge in [-0.05, 0) is 6.08 Å². The van der Waals surface area contributed by atoms with Crippen molar-refractivity contribution < 1.29 is 28.2 Å². The van der Waals surface area contributed by atoms with Crippen LogP contribution in [-0.2, 0) is 19.6 Å². The van der Waals surface area contributed by atoms with E-state index in [0.717, 1.165) is 6.54 Å². The third-order valence-corrected chi connectivity index (χ3v) is 1.76. The first-order valence-electron chi connectivity index (χ1n) is 4.36. The second kappa shape index (κ2) is 15.1. The molecule has 3 N–H and O–H groups in total. The molecule has 0 spiro atoms. The summed E-state index contributed by atoms with van der Waals surface area (Å²) in [5.41, 5.74) is 3.49. The number of hydrogen-bond acceptors (Lipinski definition) is 5. The van der Waals surface area contributed by atoms with Crippen LogP contribution in [0.3, 0.4) is 0 Å². The fourth-order valence-electron chi connectivity index (χ4n) is 0.360. The Balaban J connectivity index is -0.000000123. The normalized spacial score (nSPS) is 8.65. The highest BCUT2D eigenvalue weighted by atomic mass is 32.2. The third-order valence-electron chi connectivity index (χ3n) is 1.09. The number of ether oxygens (including phenoxy) is 1. The Morgan fingerprint density at radius 3 is 2.12 bits per heavy atom. The van der Waals surface area contributed by atoms with Crippen molar-refractivity contribution in [1.82, 2.24) is 0 Å². The van der Waals surface area contributed by atoms with E-state index < -0.39 is 21.8 Å². The van der Waals surface area contributed by atoms with Gasteiger partial charge in [0.2, 0.25) is 0 Å². The molecule has 0 rings (SSSR count). The van der Waals surface area contributed by atoms with Crippen LogP contribution in [-0.4, -0.2) is 37.8 Å². The zero-order valence-electron chi connectivity index (χ0n) is 8.77. The van der Waals surface area contributed by atoms with E-state index in [1.807, 2.05) is 0 Å². The molecule has 0 aliphatic carbocycles. The Bertz CT molecular complexity index is 274. The molecule has 0 amide bonds. The maximum Gasteiger partial charge on any atom is 0.305 e. The Hall–Kier alpha value is -0.920. The minimum absolute atomic E-state index is 0. The van der Waals surface area contributed by atoms with Gasteiger partial charge in [-0.1, -0.05) is 28.4 Å². The molecule has 106 valence electrons. The van der Waals surface area contributed by atoms with E-state index in [-0.39, 0.29) is 27.9 Å². The largest absolute Gasteiger partial charge is 0.748 e. The summed E-state index contributed by atoms with van der Waals surface area (Å²) in [4.78, 5) is 10.4. The van der Waals surface area contributed by atoms with Gasteiger partial charge in [-0.15, -0.1) is 0 Å². The van der Waals surface area contributed by atoms with Crippen LogP contribution in [0.1, 0.15) is 28.2 Å². The summed E-state index contributed by atoms with van der Waals surface area (Å²) < 4.78 is 34.2. The van der Waals surface area contributed by atoms with Crippen molar-refractivity contribution in [2.75, 3.05) is 18.9 Å². The van der Waals surface area contributed by atoms with Crippen molar-refractivity contribution in [2.24, 2.45) is 0 Å². The molecule has 17 heavy (non-hydrogen) atoms. The average molecular weight is 271 g/mol. The molecule has 0 radical (unpaired) electrons. The lowest BCUT2D eigenvalue weighted by Crippen LogP contribution is -2.48. The Kier molecular flexibility index (Phi) is 22.2. The van der Waals surface area contributed by atoms with Gasteiger partial charge >= 0.3 is 5.97 Å². The van der Waals surface area contributed by atoms with Gasteiger partial charge in [0.15, 0.2) is 0 Å². The highest BCUT2D eigenvalue weighted by Crippen LogP contribution is 1.87. The van der Waals surface area contributed by atoms with E-state index in [1.54, 1.807) is 13.0 Å². The predicted octanol–water partition coefficient (Wildman–Crippen LogP) is 0.171. The number of hydrogen-bond donors (Lipinski definition) is 1. The minimum Gasteiger partial charge on any atom is -0.748 e. The van der Waals surface area contributed by atoms with Crippen LogP contribution in [0, 0.1) is 0 Å². The quantitative estimate of drug-likeness (QED) is 0.435. The lowest BCUT2D eigenvalue weighted by molar-refractivity contribution is -0.352. The predicted molar refractivity (Wildman–Crippen MR) is 67.2 cm³/mol. The maximum atomic E-state index is 10.4. The van der Waals surface area contributed by atoms with Crippen molar-refractivity contribution >= 4 is 16.1 Å². The van der Waals surface area contributed by atoms with E-state index in [0.29, 0.717) is 0 Å². The monoisotopic (exact) mass is 271 g/mol. The van der Waals surface area contributed by atoms with Crippen molar-refractivity contribution in [3.05, 3.63) is 12.7 Å². The molecular formula is C10H25NO5S. The Morgan fingerprint density at radius 2 is 1.88 bits per heavy atom. The van der Waals surface area contributed by atoms with Crippen LogP contribution < -0.4 is 5.73 Å². The first kappa shape index (κ1) is 25.1. The highest BCUT2D eigenvalue weighted by molar-refractivity contribution is 7.85. The molecule has 0 heterocycles. The van der Waals surface area contributed by atoms with E-state index in [2.05, 4.69) is 17.0 Å². The molecule has 0 fully saturated rings. The van der Waals surface area contributed by atoms with E-state index >= 15 is 0 Å². The summed E-state index contributed by atoms with van der Waals surface area (Å²) in [6.07, 6.45) is 1.94. The van der Waals surface area contributed by atoms with Gasteiger partial charge in [-0.25, -0.2) is 8.42 Å². The number of carbonyl (C=O) groups is 1. The van der Waals surface area contributed by atoms with Crippen LogP contribution in [0.5, 0.6) is 0 Å². The summed E-state index contributed by atoms with van der Waals surface area (Å²) in [5.74, 6) is -1.16. The van der Waals surface area contributed by atoms with Gasteiger partial charge in [0.05, 0.1) is 22.4 Å². The van der Waals surface area contributed by atoms with Gasteiger partial charge in [0, 0.05) is 6.42 Å². The van der Waals surface area contributed by atoms with E-state index in [4.69, 9.17) is 0 Å². The van der Waals surface area contributed by atoms with Crippen molar-refractivity contribution in [3.8, 4) is 0 Å². The summed E-state index contributed by atoms with van der Waals surface area (Å²) in [6, 6.07) is 0. The topological polar surface area (TPSA) is 111 Å².